The number of likely N-dealkylation sites (tertiary alicyclic amines) is 1. The normalized spacial score (nSPS) is 26.3. The number of carbonyl (C=O) groups is 1. The Bertz CT molecular complexity index is 907. The highest BCUT2D eigenvalue weighted by Gasteiger charge is 2.55. The fraction of sp³-hybridized carbons (Fsp3) is 0.458. The molecule has 2 fully saturated rings. The first kappa shape index (κ1) is 20.8. The number of hydrogen-bond acceptors (Lipinski definition) is 5. The number of hydrogen-bond donors (Lipinski definition) is 3. The molecule has 0 radical (unpaired) electrons. The van der Waals surface area contributed by atoms with E-state index in [0.717, 1.165) is 11.1 Å². The van der Waals surface area contributed by atoms with Gasteiger partial charge in [0.25, 0.3) is 0 Å². The Hall–Kier alpha value is -2.41. The molecular weight excluding hydrogens is 378 g/mol. The van der Waals surface area contributed by atoms with Crippen LogP contribution in [-0.4, -0.2) is 42.2 Å². The van der Waals surface area contributed by atoms with Crippen molar-refractivity contribution < 1.29 is 14.6 Å². The standard InChI is InChI=1S/C24H31N3O3/c1-24(2,3)16-11-9-15(10-12-16)22-19-20(17-7-5-6-8-18(17)28)25-26-21(19)23(29)27(22)13-14-30-4/h5-12,19-22,25-26,28H,13-14H2,1-4H3. The van der Waals surface area contributed by atoms with Crippen LogP contribution in [0.4, 0.5) is 0 Å². The number of methoxy groups -OCH3 is 1. The predicted octanol–water partition coefficient (Wildman–Crippen LogP) is 3.05. The molecule has 6 heteroatoms. The molecule has 4 unspecified atom stereocenters. The molecule has 2 aromatic carbocycles. The molecule has 2 aliphatic heterocycles. The van der Waals surface area contributed by atoms with Gasteiger partial charge < -0.3 is 14.7 Å². The van der Waals surface area contributed by atoms with E-state index in [9.17, 15) is 9.90 Å². The van der Waals surface area contributed by atoms with E-state index in [2.05, 4.69) is 55.9 Å². The molecule has 6 nitrogen and oxygen atoms in total. The van der Waals surface area contributed by atoms with Gasteiger partial charge in [0.05, 0.1) is 18.7 Å². The first-order chi connectivity index (χ1) is 14.3. The Morgan fingerprint density at radius 2 is 1.70 bits per heavy atom. The lowest BCUT2D eigenvalue weighted by molar-refractivity contribution is -0.131. The third kappa shape index (κ3) is 3.60. The fourth-order valence-electron chi connectivity index (χ4n) is 4.74. The van der Waals surface area contributed by atoms with Gasteiger partial charge in [-0.2, -0.15) is 0 Å². The molecule has 0 saturated carbocycles. The Balaban J connectivity index is 1.74. The van der Waals surface area contributed by atoms with Gasteiger partial charge in [-0.1, -0.05) is 63.2 Å². The van der Waals surface area contributed by atoms with Crippen LogP contribution < -0.4 is 10.9 Å². The van der Waals surface area contributed by atoms with Crippen LogP contribution in [0.5, 0.6) is 5.75 Å². The monoisotopic (exact) mass is 409 g/mol. The van der Waals surface area contributed by atoms with Crippen LogP contribution >= 0.6 is 0 Å². The van der Waals surface area contributed by atoms with Gasteiger partial charge in [-0.15, -0.1) is 0 Å². The molecule has 3 N–H and O–H groups in total. The van der Waals surface area contributed by atoms with Crippen LogP contribution in [0.25, 0.3) is 0 Å². The Kier molecular flexibility index (Phi) is 5.57. The zero-order valence-corrected chi connectivity index (χ0v) is 18.1. The van der Waals surface area contributed by atoms with Crippen LogP contribution in [0.1, 0.15) is 49.5 Å². The third-order valence-electron chi connectivity index (χ3n) is 6.34. The minimum Gasteiger partial charge on any atom is -0.508 e. The first-order valence-electron chi connectivity index (χ1n) is 10.5. The molecule has 2 aliphatic rings. The number of phenols is 1. The van der Waals surface area contributed by atoms with E-state index in [4.69, 9.17) is 4.74 Å². The zero-order valence-electron chi connectivity index (χ0n) is 18.1. The summed E-state index contributed by atoms with van der Waals surface area (Å²) in [6.45, 7) is 7.60. The Morgan fingerprint density at radius 1 is 1.03 bits per heavy atom. The Morgan fingerprint density at radius 3 is 2.33 bits per heavy atom. The molecule has 0 aromatic heterocycles. The molecule has 30 heavy (non-hydrogen) atoms. The minimum absolute atomic E-state index is 0.0526. The largest absolute Gasteiger partial charge is 0.508 e. The second kappa shape index (κ2) is 8.02. The molecule has 4 rings (SSSR count). The molecule has 0 spiro atoms. The SMILES string of the molecule is COCCN1C(=O)C2NNC(c3ccccc3O)C2C1c1ccc(C(C)(C)C)cc1. The van der Waals surface area contributed by atoms with Crippen LogP contribution in [0.2, 0.25) is 0 Å². The van der Waals surface area contributed by atoms with Crippen molar-refractivity contribution in [3.63, 3.8) is 0 Å². The van der Waals surface area contributed by atoms with Gasteiger partial charge in [-0.3, -0.25) is 4.79 Å². The number of rotatable bonds is 5. The summed E-state index contributed by atoms with van der Waals surface area (Å²) in [5.74, 6) is 0.248. The Labute approximate surface area is 178 Å². The van der Waals surface area contributed by atoms with Crippen molar-refractivity contribution >= 4 is 5.91 Å². The lowest BCUT2D eigenvalue weighted by atomic mass is 9.81. The average Bonchev–Trinajstić information content (AvgIpc) is 3.25. The molecule has 1 amide bonds. The van der Waals surface area contributed by atoms with Crippen molar-refractivity contribution in [3.8, 4) is 5.75 Å². The highest BCUT2D eigenvalue weighted by molar-refractivity contribution is 5.86. The van der Waals surface area contributed by atoms with Crippen molar-refractivity contribution in [3.05, 3.63) is 65.2 Å². The van der Waals surface area contributed by atoms with Crippen LogP contribution in [0.3, 0.4) is 0 Å². The van der Waals surface area contributed by atoms with Gasteiger partial charge in [0.2, 0.25) is 5.91 Å². The van der Waals surface area contributed by atoms with Gasteiger partial charge in [-0.05, 0) is 22.6 Å². The topological polar surface area (TPSA) is 73.8 Å². The molecule has 4 atom stereocenters. The number of fused-ring (bicyclic) bond motifs is 1. The number of nitrogens with one attached hydrogen (secondary N) is 2. The fourth-order valence-corrected chi connectivity index (χ4v) is 4.74. The molecule has 2 aromatic rings. The highest BCUT2D eigenvalue weighted by atomic mass is 16.5. The van der Waals surface area contributed by atoms with E-state index < -0.39 is 0 Å². The lowest BCUT2D eigenvalue weighted by Gasteiger charge is -2.32. The number of amides is 1. The predicted molar refractivity (Wildman–Crippen MR) is 116 cm³/mol. The smallest absolute Gasteiger partial charge is 0.242 e. The van der Waals surface area contributed by atoms with E-state index >= 15 is 0 Å². The average molecular weight is 410 g/mol. The van der Waals surface area contributed by atoms with E-state index in [0.29, 0.717) is 13.2 Å². The summed E-state index contributed by atoms with van der Waals surface area (Å²) in [6, 6.07) is 15.3. The van der Waals surface area contributed by atoms with Gasteiger partial charge >= 0.3 is 0 Å². The number of para-hydroxylation sites is 1. The number of hydrazine groups is 1. The summed E-state index contributed by atoms with van der Waals surface area (Å²) < 4.78 is 5.28. The zero-order chi connectivity index (χ0) is 21.5. The summed E-state index contributed by atoms with van der Waals surface area (Å²) >= 11 is 0. The maximum absolute atomic E-state index is 13.3. The third-order valence-corrected chi connectivity index (χ3v) is 6.34. The second-order valence-electron chi connectivity index (χ2n) is 9.22. The van der Waals surface area contributed by atoms with Gasteiger partial charge in [0.1, 0.15) is 11.8 Å². The number of benzene rings is 2. The molecule has 0 bridgehead atoms. The molecule has 0 aliphatic carbocycles. The maximum Gasteiger partial charge on any atom is 0.242 e. The first-order valence-corrected chi connectivity index (χ1v) is 10.5. The van der Waals surface area contributed by atoms with Crippen molar-refractivity contribution in [1.29, 1.82) is 0 Å². The van der Waals surface area contributed by atoms with Crippen LogP contribution in [0.15, 0.2) is 48.5 Å². The summed E-state index contributed by atoms with van der Waals surface area (Å²) in [5.41, 5.74) is 9.69. The highest BCUT2D eigenvalue weighted by Crippen LogP contribution is 2.48. The van der Waals surface area contributed by atoms with E-state index in [1.165, 1.54) is 5.56 Å². The molecule has 160 valence electrons. The summed E-state index contributed by atoms with van der Waals surface area (Å²) in [6.07, 6.45) is 0. The molecule has 2 heterocycles. The number of aromatic hydroxyl groups is 1. The lowest BCUT2D eigenvalue weighted by Crippen LogP contribution is -2.42. The number of nitrogens with zero attached hydrogens (tertiary/aromatic N) is 1. The van der Waals surface area contributed by atoms with Crippen molar-refractivity contribution in [1.82, 2.24) is 15.8 Å². The quantitative estimate of drug-likeness (QED) is 0.708. The number of ether oxygens (including phenoxy) is 1. The van der Waals surface area contributed by atoms with Crippen molar-refractivity contribution in [2.24, 2.45) is 5.92 Å². The van der Waals surface area contributed by atoms with E-state index in [-0.39, 0.29) is 41.1 Å². The molecular formula is C24H31N3O3. The second-order valence-corrected chi connectivity index (χ2v) is 9.22. The summed E-state index contributed by atoms with van der Waals surface area (Å²) in [4.78, 5) is 15.2. The van der Waals surface area contributed by atoms with Gasteiger partial charge in [0.15, 0.2) is 0 Å². The maximum atomic E-state index is 13.3. The minimum atomic E-state index is -0.348. The van der Waals surface area contributed by atoms with Crippen LogP contribution in [-0.2, 0) is 14.9 Å². The number of phenolic OH excluding ortho intramolecular Hbond substituents is 1. The molecule has 2 saturated heterocycles. The summed E-state index contributed by atoms with van der Waals surface area (Å²) in [5, 5.41) is 10.5. The van der Waals surface area contributed by atoms with E-state index in [1.54, 1.807) is 13.2 Å². The number of carbonyl (C=O) groups excluding carboxylic acids is 1. The summed E-state index contributed by atoms with van der Waals surface area (Å²) in [7, 11) is 1.65. The van der Waals surface area contributed by atoms with Crippen LogP contribution in [0, 0.1) is 5.92 Å². The van der Waals surface area contributed by atoms with Crippen molar-refractivity contribution in [2.45, 2.75) is 44.3 Å². The van der Waals surface area contributed by atoms with Crippen molar-refractivity contribution in [2.75, 3.05) is 20.3 Å². The van der Waals surface area contributed by atoms with Gasteiger partial charge in [0, 0.05) is 25.1 Å². The van der Waals surface area contributed by atoms with Gasteiger partial charge in [-0.25, -0.2) is 10.9 Å². The van der Waals surface area contributed by atoms with E-state index in [1.807, 2.05) is 23.1 Å².